The Morgan fingerprint density at radius 3 is 0.667 bits per heavy atom. The first kappa shape index (κ1) is 91.1. The van der Waals surface area contributed by atoms with Gasteiger partial charge in [0.15, 0.2) is 12.2 Å². The first-order chi connectivity index (χ1) is 44.6. The van der Waals surface area contributed by atoms with Crippen LogP contribution in [0, 0.1) is 23.7 Å². The minimum absolute atomic E-state index is 0.105. The molecule has 3 unspecified atom stereocenters. The zero-order valence-electron chi connectivity index (χ0n) is 60.9. The van der Waals surface area contributed by atoms with Crippen LogP contribution in [-0.2, 0) is 65.4 Å². The quantitative estimate of drug-likeness (QED) is 0.0222. The molecule has 0 rings (SSSR count). The Hall–Kier alpha value is -1.94. The van der Waals surface area contributed by atoms with Gasteiger partial charge < -0.3 is 33.8 Å². The lowest BCUT2D eigenvalue weighted by atomic mass is 10.0. The second-order valence-corrected chi connectivity index (χ2v) is 31.5. The molecule has 0 aliphatic carbocycles. The molecule has 5 atom stereocenters. The van der Waals surface area contributed by atoms with Crippen molar-refractivity contribution in [2.24, 2.45) is 23.7 Å². The molecule has 0 spiro atoms. The molecule has 0 radical (unpaired) electrons. The zero-order valence-corrected chi connectivity index (χ0v) is 62.7. The molecule has 0 bridgehead atoms. The Labute approximate surface area is 568 Å². The summed E-state index contributed by atoms with van der Waals surface area (Å²) in [6.45, 7) is 14.1. The molecule has 0 aromatic rings. The Kier molecular flexibility index (Phi) is 62.2. The maximum atomic E-state index is 13.1. The van der Waals surface area contributed by atoms with Crippen molar-refractivity contribution in [2.75, 3.05) is 39.6 Å². The van der Waals surface area contributed by atoms with E-state index in [1.807, 2.05) is 0 Å². The van der Waals surface area contributed by atoms with Gasteiger partial charge in [-0.25, -0.2) is 9.13 Å². The minimum Gasteiger partial charge on any atom is -0.462 e. The summed E-state index contributed by atoms with van der Waals surface area (Å²) in [7, 11) is -9.91. The van der Waals surface area contributed by atoms with Gasteiger partial charge in [-0.2, -0.15) is 0 Å². The van der Waals surface area contributed by atoms with Crippen molar-refractivity contribution in [2.45, 2.75) is 388 Å². The van der Waals surface area contributed by atoms with Crippen molar-refractivity contribution in [1.29, 1.82) is 0 Å². The molecule has 17 nitrogen and oxygen atoms in total. The molecular weight excluding hydrogens is 1220 g/mol. The van der Waals surface area contributed by atoms with Crippen molar-refractivity contribution in [3.8, 4) is 0 Å². The lowest BCUT2D eigenvalue weighted by Crippen LogP contribution is -2.30. The topological polar surface area (TPSA) is 237 Å². The van der Waals surface area contributed by atoms with E-state index >= 15 is 0 Å². The molecule has 0 heterocycles. The van der Waals surface area contributed by atoms with Crippen molar-refractivity contribution in [3.05, 3.63) is 0 Å². The Morgan fingerprint density at radius 2 is 0.452 bits per heavy atom. The van der Waals surface area contributed by atoms with Crippen LogP contribution in [0.25, 0.3) is 0 Å². The molecule has 0 aliphatic heterocycles. The Morgan fingerprint density at radius 1 is 0.269 bits per heavy atom. The highest BCUT2D eigenvalue weighted by Crippen LogP contribution is 2.45. The van der Waals surface area contributed by atoms with Gasteiger partial charge in [-0.05, 0) is 49.4 Å². The molecule has 0 amide bonds. The Bertz CT molecular complexity index is 1830. The molecule has 93 heavy (non-hydrogen) atoms. The summed E-state index contributed by atoms with van der Waals surface area (Å²) in [6, 6.07) is 0. The molecule has 0 aromatic carbocycles. The molecule has 0 aliphatic rings. The SMILES string of the molecule is CC(C)CCCCCCCCCCCCCCCC(=O)O[C@H](COC(=O)CCCCCCCCCC(C)C)COP(=O)(O)OCC(O)COP(=O)(O)OC[C@@H](COC(=O)CCCCCCCCCCCCCC(C)C)OC(=O)CCCCCCCCCCCCC(C)C. The number of carbonyl (C=O) groups excluding carboxylic acids is 4. The predicted octanol–water partition coefficient (Wildman–Crippen LogP) is 21.3. The predicted molar refractivity (Wildman–Crippen MR) is 377 cm³/mol. The average molecular weight is 1370 g/mol. The van der Waals surface area contributed by atoms with Crippen molar-refractivity contribution in [3.63, 3.8) is 0 Å². The van der Waals surface area contributed by atoms with Gasteiger partial charge in [0, 0.05) is 25.7 Å². The molecule has 0 fully saturated rings. The lowest BCUT2D eigenvalue weighted by Gasteiger charge is -2.21. The fraction of sp³-hybridized carbons (Fsp3) is 0.946. The normalized spacial score (nSPS) is 14.2. The number of ether oxygens (including phenoxy) is 4. The van der Waals surface area contributed by atoms with Crippen LogP contribution in [0.4, 0.5) is 0 Å². The fourth-order valence-corrected chi connectivity index (χ4v) is 12.8. The highest BCUT2D eigenvalue weighted by atomic mass is 31.2. The maximum Gasteiger partial charge on any atom is 0.472 e. The van der Waals surface area contributed by atoms with Gasteiger partial charge in [-0.15, -0.1) is 0 Å². The number of carbonyl (C=O) groups is 4. The highest BCUT2D eigenvalue weighted by Gasteiger charge is 2.30. The summed E-state index contributed by atoms with van der Waals surface area (Å²) >= 11 is 0. The van der Waals surface area contributed by atoms with Gasteiger partial charge in [0.1, 0.15) is 19.3 Å². The van der Waals surface area contributed by atoms with E-state index in [1.165, 1.54) is 167 Å². The number of phosphoric acid groups is 2. The van der Waals surface area contributed by atoms with Crippen LogP contribution >= 0.6 is 15.6 Å². The second-order valence-electron chi connectivity index (χ2n) is 28.6. The number of hydrogen-bond donors (Lipinski definition) is 3. The van der Waals surface area contributed by atoms with Gasteiger partial charge in [0.25, 0.3) is 0 Å². The van der Waals surface area contributed by atoms with Gasteiger partial charge in [-0.3, -0.25) is 37.3 Å². The second kappa shape index (κ2) is 63.5. The zero-order chi connectivity index (χ0) is 68.9. The van der Waals surface area contributed by atoms with Crippen molar-refractivity contribution < 1.29 is 80.2 Å². The third kappa shape index (κ3) is 68.4. The first-order valence-corrected chi connectivity index (χ1v) is 41.2. The van der Waals surface area contributed by atoms with Crippen LogP contribution < -0.4 is 0 Å². The molecule has 0 saturated carbocycles. The summed E-state index contributed by atoms with van der Waals surface area (Å²) in [5.74, 6) is 0.891. The molecule has 19 heteroatoms. The van der Waals surface area contributed by atoms with E-state index in [-0.39, 0.29) is 25.7 Å². The van der Waals surface area contributed by atoms with Crippen LogP contribution in [0.3, 0.4) is 0 Å². The van der Waals surface area contributed by atoms with Crippen LogP contribution in [-0.4, -0.2) is 96.7 Å². The number of aliphatic hydroxyl groups excluding tert-OH is 1. The third-order valence-corrected chi connectivity index (χ3v) is 19.0. The molecular formula is C74H144O17P2. The number of aliphatic hydroxyl groups is 1. The number of rotatable bonds is 71. The molecule has 3 N–H and O–H groups in total. The van der Waals surface area contributed by atoms with E-state index in [9.17, 15) is 43.2 Å². The lowest BCUT2D eigenvalue weighted by molar-refractivity contribution is -0.161. The van der Waals surface area contributed by atoms with E-state index in [4.69, 9.17) is 37.0 Å². The summed E-state index contributed by atoms with van der Waals surface area (Å²) < 4.78 is 68.5. The van der Waals surface area contributed by atoms with Crippen LogP contribution in [0.15, 0.2) is 0 Å². The van der Waals surface area contributed by atoms with Crippen molar-refractivity contribution in [1.82, 2.24) is 0 Å². The summed E-state index contributed by atoms with van der Waals surface area (Å²) in [5.41, 5.74) is 0. The van der Waals surface area contributed by atoms with Gasteiger partial charge in [-0.1, -0.05) is 319 Å². The van der Waals surface area contributed by atoms with E-state index in [2.05, 4.69) is 55.4 Å². The van der Waals surface area contributed by atoms with Gasteiger partial charge in [0.2, 0.25) is 0 Å². The highest BCUT2D eigenvalue weighted by molar-refractivity contribution is 7.47. The molecule has 552 valence electrons. The van der Waals surface area contributed by atoms with E-state index in [0.717, 1.165) is 114 Å². The van der Waals surface area contributed by atoms with E-state index < -0.39 is 97.5 Å². The van der Waals surface area contributed by atoms with E-state index in [1.54, 1.807) is 0 Å². The maximum absolute atomic E-state index is 13.1. The van der Waals surface area contributed by atoms with Gasteiger partial charge >= 0.3 is 39.5 Å². The summed E-state index contributed by atoms with van der Waals surface area (Å²) in [6.07, 6.45) is 47.2. The molecule has 0 aromatic heterocycles. The smallest absolute Gasteiger partial charge is 0.462 e. The standard InChI is InChI=1S/C74H144O17P2/c1-64(2)50-42-34-26-19-13-10-9-11-15-23-31-40-48-56-73(78)91-70(61-85-72(77)55-47-39-33-25-29-37-45-53-67(7)8)63-89-93(82,83)87-59-68(75)58-86-92(80,81)88-62-69(90-74(79)57-49-41-32-24-18-17-21-28-36-44-52-66(5)6)60-84-71(76)54-46-38-30-22-16-12-14-20-27-35-43-51-65(3)4/h64-70,75H,9-63H2,1-8H3,(H,80,81)(H,82,83)/t68?,69-,70-/m1/s1. The van der Waals surface area contributed by atoms with E-state index in [0.29, 0.717) is 31.6 Å². The third-order valence-electron chi connectivity index (χ3n) is 17.1. The van der Waals surface area contributed by atoms with Gasteiger partial charge in [0.05, 0.1) is 26.4 Å². The monoisotopic (exact) mass is 1370 g/mol. The minimum atomic E-state index is -4.96. The number of unbranched alkanes of at least 4 members (excludes halogenated alkanes) is 37. The molecule has 0 saturated heterocycles. The fourth-order valence-electron chi connectivity index (χ4n) is 11.2. The number of phosphoric ester groups is 2. The number of hydrogen-bond acceptors (Lipinski definition) is 15. The number of esters is 4. The van der Waals surface area contributed by atoms with Crippen LogP contribution in [0.2, 0.25) is 0 Å². The first-order valence-electron chi connectivity index (χ1n) is 38.2. The largest absolute Gasteiger partial charge is 0.472 e. The Balaban J connectivity index is 5.25. The van der Waals surface area contributed by atoms with Crippen LogP contribution in [0.1, 0.15) is 370 Å². The summed E-state index contributed by atoms with van der Waals surface area (Å²) in [5, 5.41) is 10.6. The van der Waals surface area contributed by atoms with Crippen LogP contribution in [0.5, 0.6) is 0 Å². The summed E-state index contributed by atoms with van der Waals surface area (Å²) in [4.78, 5) is 72.7. The average Bonchev–Trinajstić information content (AvgIpc) is 2.86. The van der Waals surface area contributed by atoms with Crippen molar-refractivity contribution >= 4 is 39.5 Å².